The maximum absolute atomic E-state index is 5.41. The van der Waals surface area contributed by atoms with Crippen LogP contribution in [0.4, 0.5) is 0 Å². The first-order chi connectivity index (χ1) is 5.84. The average Bonchev–Trinajstić information content (AvgIpc) is 2.63. The molecule has 0 fully saturated rings. The van der Waals surface area contributed by atoms with Gasteiger partial charge in [-0.15, -0.1) is 0 Å². The summed E-state index contributed by atoms with van der Waals surface area (Å²) in [4.78, 5) is 4.13. The molecule has 2 heterocycles. The molecule has 0 unspecified atom stereocenters. The molecule has 0 saturated heterocycles. The fraction of sp³-hybridized carbons (Fsp3) is 0.300. The molecule has 0 spiro atoms. The molecule has 0 aromatic carbocycles. The largest absolute Gasteiger partial charge is 0.462 e. The molecule has 2 nitrogen and oxygen atoms in total. The van der Waals surface area contributed by atoms with E-state index >= 15 is 0 Å². The van der Waals surface area contributed by atoms with Crippen LogP contribution >= 0.6 is 0 Å². The second-order valence-corrected chi connectivity index (χ2v) is 2.95. The van der Waals surface area contributed by atoms with Crippen molar-refractivity contribution in [3.8, 4) is 0 Å². The van der Waals surface area contributed by atoms with E-state index in [-0.39, 0.29) is 0 Å². The lowest BCUT2D eigenvalue weighted by molar-refractivity contribution is 0.525. The summed E-state index contributed by atoms with van der Waals surface area (Å²) in [6.45, 7) is 2.87. The Bertz CT molecular complexity index is 333. The van der Waals surface area contributed by atoms with Gasteiger partial charge in [-0.25, -0.2) is 0 Å². The Balaban J connectivity index is 2.21. The van der Waals surface area contributed by atoms with Crippen molar-refractivity contribution in [2.75, 3.05) is 6.54 Å². The van der Waals surface area contributed by atoms with Gasteiger partial charge in [-0.05, 0) is 37.1 Å². The Morgan fingerprint density at radius 1 is 1.50 bits per heavy atom. The molecule has 0 bridgehead atoms. The highest BCUT2D eigenvalue weighted by molar-refractivity contribution is 5.86. The number of hydrogen-bond donors (Lipinski definition) is 0. The number of nitrogens with zero attached hydrogens (tertiary/aromatic N) is 1. The lowest BCUT2D eigenvalue weighted by Crippen LogP contribution is -1.76. The quantitative estimate of drug-likeness (QED) is 0.621. The molecule has 1 aliphatic rings. The van der Waals surface area contributed by atoms with Crippen LogP contribution in [-0.4, -0.2) is 12.8 Å². The summed E-state index contributed by atoms with van der Waals surface area (Å²) in [7, 11) is 0. The van der Waals surface area contributed by atoms with Gasteiger partial charge >= 0.3 is 0 Å². The second kappa shape index (κ2) is 2.97. The minimum atomic E-state index is 0.922. The van der Waals surface area contributed by atoms with Gasteiger partial charge < -0.3 is 4.42 Å². The Morgan fingerprint density at radius 3 is 3.00 bits per heavy atom. The zero-order valence-electron chi connectivity index (χ0n) is 7.08. The molecule has 1 aromatic rings. The SMILES string of the molecule is Cc1ccc(/C=C2\C=NCC2)o1. The minimum Gasteiger partial charge on any atom is -0.462 e. The van der Waals surface area contributed by atoms with E-state index in [1.54, 1.807) is 0 Å². The predicted molar refractivity (Wildman–Crippen MR) is 49.4 cm³/mol. The van der Waals surface area contributed by atoms with Crippen molar-refractivity contribution in [1.82, 2.24) is 0 Å². The lowest BCUT2D eigenvalue weighted by atomic mass is 10.2. The molecule has 2 heteroatoms. The molecule has 1 aromatic heterocycles. The summed E-state index contributed by atoms with van der Waals surface area (Å²) in [5.41, 5.74) is 1.25. The first-order valence-electron chi connectivity index (χ1n) is 4.11. The van der Waals surface area contributed by atoms with Crippen LogP contribution in [0.15, 0.2) is 27.1 Å². The maximum atomic E-state index is 5.41. The first-order valence-corrected chi connectivity index (χ1v) is 4.11. The van der Waals surface area contributed by atoms with Crippen LogP contribution in [0.1, 0.15) is 17.9 Å². The molecule has 0 aliphatic carbocycles. The molecule has 2 rings (SSSR count). The number of rotatable bonds is 1. The highest BCUT2D eigenvalue weighted by Gasteiger charge is 2.01. The normalized spacial score (nSPS) is 19.2. The van der Waals surface area contributed by atoms with E-state index in [4.69, 9.17) is 4.42 Å². The maximum Gasteiger partial charge on any atom is 0.127 e. The Hall–Kier alpha value is -1.31. The van der Waals surface area contributed by atoms with Crippen LogP contribution < -0.4 is 0 Å². The van der Waals surface area contributed by atoms with E-state index in [2.05, 4.69) is 4.99 Å². The average molecular weight is 161 g/mol. The third kappa shape index (κ3) is 1.47. The molecule has 12 heavy (non-hydrogen) atoms. The van der Waals surface area contributed by atoms with Gasteiger partial charge in [-0.2, -0.15) is 0 Å². The Kier molecular flexibility index (Phi) is 1.82. The highest BCUT2D eigenvalue weighted by Crippen LogP contribution is 2.14. The molecule has 0 saturated carbocycles. The Labute approximate surface area is 71.6 Å². The van der Waals surface area contributed by atoms with Gasteiger partial charge in [0, 0.05) is 12.8 Å². The number of aliphatic imine (C=N–C) groups is 1. The molecule has 62 valence electrons. The van der Waals surface area contributed by atoms with Crippen LogP contribution in [0, 0.1) is 6.92 Å². The molecular formula is C10H11NO. The van der Waals surface area contributed by atoms with Crippen molar-refractivity contribution in [3.63, 3.8) is 0 Å². The summed E-state index contributed by atoms with van der Waals surface area (Å²) >= 11 is 0. The summed E-state index contributed by atoms with van der Waals surface area (Å²) < 4.78 is 5.41. The first kappa shape index (κ1) is 7.35. The molecule has 0 atom stereocenters. The summed E-state index contributed by atoms with van der Waals surface area (Å²) in [5, 5.41) is 0. The van der Waals surface area contributed by atoms with Crippen LogP contribution in [0.3, 0.4) is 0 Å². The summed E-state index contributed by atoms with van der Waals surface area (Å²) in [6.07, 6.45) is 5.00. The van der Waals surface area contributed by atoms with E-state index in [0.29, 0.717) is 0 Å². The standard InChI is InChI=1S/C10H11NO/c1-8-2-3-10(12-8)6-9-4-5-11-7-9/h2-3,6-7H,4-5H2,1H3/b9-6-. The van der Waals surface area contributed by atoms with Crippen molar-refractivity contribution >= 4 is 12.3 Å². The minimum absolute atomic E-state index is 0.922. The zero-order chi connectivity index (χ0) is 8.39. The summed E-state index contributed by atoms with van der Waals surface area (Å²) in [5.74, 6) is 1.88. The van der Waals surface area contributed by atoms with Crippen molar-refractivity contribution in [1.29, 1.82) is 0 Å². The molecule has 1 aliphatic heterocycles. The van der Waals surface area contributed by atoms with Crippen molar-refractivity contribution in [3.05, 3.63) is 29.2 Å². The topological polar surface area (TPSA) is 25.5 Å². The highest BCUT2D eigenvalue weighted by atomic mass is 16.3. The second-order valence-electron chi connectivity index (χ2n) is 2.95. The number of hydrogen-bond acceptors (Lipinski definition) is 2. The van der Waals surface area contributed by atoms with Crippen molar-refractivity contribution in [2.24, 2.45) is 4.99 Å². The van der Waals surface area contributed by atoms with E-state index in [9.17, 15) is 0 Å². The molecule has 0 radical (unpaired) electrons. The van der Waals surface area contributed by atoms with Crippen LogP contribution in [0.5, 0.6) is 0 Å². The number of aryl methyl sites for hydroxylation is 1. The van der Waals surface area contributed by atoms with Gasteiger partial charge in [-0.1, -0.05) is 0 Å². The fourth-order valence-corrected chi connectivity index (χ4v) is 1.26. The van der Waals surface area contributed by atoms with Gasteiger partial charge in [0.25, 0.3) is 0 Å². The molecular weight excluding hydrogens is 150 g/mol. The third-order valence-corrected chi connectivity index (χ3v) is 1.88. The van der Waals surface area contributed by atoms with Crippen LogP contribution in [0.2, 0.25) is 0 Å². The third-order valence-electron chi connectivity index (χ3n) is 1.88. The van der Waals surface area contributed by atoms with E-state index < -0.39 is 0 Å². The Morgan fingerprint density at radius 2 is 2.42 bits per heavy atom. The van der Waals surface area contributed by atoms with Gasteiger partial charge in [0.05, 0.1) is 0 Å². The van der Waals surface area contributed by atoms with Gasteiger partial charge in [-0.3, -0.25) is 4.99 Å². The van der Waals surface area contributed by atoms with Crippen molar-refractivity contribution in [2.45, 2.75) is 13.3 Å². The molecule has 0 N–H and O–H groups in total. The molecule has 0 amide bonds. The van der Waals surface area contributed by atoms with Crippen molar-refractivity contribution < 1.29 is 4.42 Å². The smallest absolute Gasteiger partial charge is 0.127 e. The van der Waals surface area contributed by atoms with E-state index in [1.807, 2.05) is 31.3 Å². The van der Waals surface area contributed by atoms with Gasteiger partial charge in [0.1, 0.15) is 11.5 Å². The van der Waals surface area contributed by atoms with Gasteiger partial charge in [0.2, 0.25) is 0 Å². The fourth-order valence-electron chi connectivity index (χ4n) is 1.26. The summed E-state index contributed by atoms with van der Waals surface area (Å²) in [6, 6.07) is 3.95. The lowest BCUT2D eigenvalue weighted by Gasteiger charge is -1.88. The van der Waals surface area contributed by atoms with Crippen LogP contribution in [0.25, 0.3) is 6.08 Å². The van der Waals surface area contributed by atoms with Gasteiger partial charge in [0.15, 0.2) is 0 Å². The monoisotopic (exact) mass is 161 g/mol. The predicted octanol–water partition coefficient (Wildman–Crippen LogP) is 2.45. The van der Waals surface area contributed by atoms with E-state index in [0.717, 1.165) is 24.5 Å². The van der Waals surface area contributed by atoms with Crippen LogP contribution in [-0.2, 0) is 0 Å². The number of furan rings is 1. The zero-order valence-corrected chi connectivity index (χ0v) is 7.08. The van der Waals surface area contributed by atoms with E-state index in [1.165, 1.54) is 5.57 Å².